The minimum Gasteiger partial charge on any atom is -0.217 e. The van der Waals surface area contributed by atoms with Crippen LogP contribution in [0.1, 0.15) is 24.6 Å². The molecule has 0 aliphatic heterocycles. The number of rotatable bonds is 4. The third kappa shape index (κ3) is 2.14. The van der Waals surface area contributed by atoms with Gasteiger partial charge in [0.15, 0.2) is 5.82 Å². The molecule has 0 saturated heterocycles. The van der Waals surface area contributed by atoms with E-state index in [1.807, 2.05) is 23.0 Å². The summed E-state index contributed by atoms with van der Waals surface area (Å²) in [5.41, 5.74) is 2.42. The van der Waals surface area contributed by atoms with Crippen molar-refractivity contribution >= 4 is 15.9 Å². The molecule has 2 aromatic rings. The summed E-state index contributed by atoms with van der Waals surface area (Å²) < 4.78 is 1.87. The van der Waals surface area contributed by atoms with E-state index in [1.54, 1.807) is 6.20 Å². The van der Waals surface area contributed by atoms with Gasteiger partial charge >= 0.3 is 0 Å². The van der Waals surface area contributed by atoms with Crippen molar-refractivity contribution in [2.45, 2.75) is 25.1 Å². The van der Waals surface area contributed by atoms with Gasteiger partial charge in [0.05, 0.1) is 11.9 Å². The smallest absolute Gasteiger partial charge is 0.175 e. The first-order valence-electron chi connectivity index (χ1n) is 5.26. The van der Waals surface area contributed by atoms with Gasteiger partial charge in [-0.2, -0.15) is 10.2 Å². The lowest BCUT2D eigenvalue weighted by Crippen LogP contribution is -2.05. The average molecular weight is 281 g/mol. The maximum absolute atomic E-state index is 4.36. The van der Waals surface area contributed by atoms with Gasteiger partial charge in [0.25, 0.3) is 0 Å². The van der Waals surface area contributed by atoms with Gasteiger partial charge in [-0.05, 0) is 18.6 Å². The summed E-state index contributed by atoms with van der Waals surface area (Å²) in [7, 11) is 0. The van der Waals surface area contributed by atoms with Crippen LogP contribution < -0.4 is 0 Å². The highest BCUT2D eigenvalue weighted by molar-refractivity contribution is 9.08. The Labute approximate surface area is 103 Å². The van der Waals surface area contributed by atoms with Gasteiger partial charge in [-0.25, -0.2) is 4.68 Å². The second-order valence-electron chi connectivity index (χ2n) is 3.49. The quantitative estimate of drug-likeness (QED) is 0.809. The topological polar surface area (TPSA) is 43.6 Å². The van der Waals surface area contributed by atoms with Crippen LogP contribution in [0.3, 0.4) is 0 Å². The average Bonchev–Trinajstić information content (AvgIpc) is 2.74. The zero-order valence-corrected chi connectivity index (χ0v) is 10.7. The summed E-state index contributed by atoms with van der Waals surface area (Å²) in [6.07, 6.45) is 5.63. The molecule has 4 nitrogen and oxygen atoms in total. The standard InChI is InChI=1S/C11H13BrN4/c1-2-4-10-9(7-12)8-14-16(10)11-5-3-6-13-15-11/h3,5-6,8H,2,4,7H2,1H3. The third-order valence-electron chi connectivity index (χ3n) is 2.36. The number of nitrogens with zero attached hydrogens (tertiary/aromatic N) is 4. The summed E-state index contributed by atoms with van der Waals surface area (Å²) >= 11 is 3.47. The summed E-state index contributed by atoms with van der Waals surface area (Å²) in [6.45, 7) is 2.16. The van der Waals surface area contributed by atoms with Crippen molar-refractivity contribution in [1.29, 1.82) is 0 Å². The Bertz CT molecular complexity index is 452. The lowest BCUT2D eigenvalue weighted by molar-refractivity contribution is 0.740. The molecule has 0 atom stereocenters. The van der Waals surface area contributed by atoms with Crippen LogP contribution in [0, 0.1) is 0 Å². The molecule has 2 heterocycles. The van der Waals surface area contributed by atoms with E-state index in [2.05, 4.69) is 38.1 Å². The van der Waals surface area contributed by atoms with Crippen molar-refractivity contribution in [2.24, 2.45) is 0 Å². The second kappa shape index (κ2) is 5.21. The predicted octanol–water partition coefficient (Wildman–Crippen LogP) is 2.51. The fourth-order valence-corrected chi connectivity index (χ4v) is 2.09. The normalized spacial score (nSPS) is 10.6. The van der Waals surface area contributed by atoms with E-state index in [4.69, 9.17) is 0 Å². The van der Waals surface area contributed by atoms with Crippen LogP contribution in [0.25, 0.3) is 5.82 Å². The highest BCUT2D eigenvalue weighted by atomic mass is 79.9. The van der Waals surface area contributed by atoms with Crippen molar-refractivity contribution in [3.63, 3.8) is 0 Å². The van der Waals surface area contributed by atoms with Gasteiger partial charge in [-0.3, -0.25) is 0 Å². The molecule has 0 aromatic carbocycles. The predicted molar refractivity (Wildman–Crippen MR) is 65.8 cm³/mol. The molecule has 0 amide bonds. The molecule has 2 aromatic heterocycles. The Hall–Kier alpha value is -1.23. The van der Waals surface area contributed by atoms with Crippen LogP contribution in [-0.4, -0.2) is 20.0 Å². The first-order chi connectivity index (χ1) is 7.86. The first-order valence-corrected chi connectivity index (χ1v) is 6.38. The van der Waals surface area contributed by atoms with Crippen LogP contribution >= 0.6 is 15.9 Å². The zero-order valence-electron chi connectivity index (χ0n) is 9.10. The SMILES string of the molecule is CCCc1c(CBr)cnn1-c1cccnn1. The monoisotopic (exact) mass is 280 g/mol. The second-order valence-corrected chi connectivity index (χ2v) is 4.05. The van der Waals surface area contributed by atoms with E-state index in [0.29, 0.717) is 0 Å². The molecule has 16 heavy (non-hydrogen) atoms. The molecule has 84 valence electrons. The first kappa shape index (κ1) is 11.3. The molecule has 0 spiro atoms. The van der Waals surface area contributed by atoms with E-state index in [9.17, 15) is 0 Å². The Morgan fingerprint density at radius 2 is 2.31 bits per heavy atom. The Kier molecular flexibility index (Phi) is 3.66. The van der Waals surface area contributed by atoms with Crippen LogP contribution in [0.15, 0.2) is 24.5 Å². The molecule has 0 N–H and O–H groups in total. The maximum Gasteiger partial charge on any atom is 0.175 e. The summed E-state index contributed by atoms with van der Waals surface area (Å²) in [5, 5.41) is 13.1. The molecule has 0 radical (unpaired) electrons. The highest BCUT2D eigenvalue weighted by Gasteiger charge is 2.11. The fourth-order valence-electron chi connectivity index (χ4n) is 1.63. The van der Waals surface area contributed by atoms with E-state index in [-0.39, 0.29) is 0 Å². The van der Waals surface area contributed by atoms with E-state index >= 15 is 0 Å². The van der Waals surface area contributed by atoms with Crippen LogP contribution in [0.2, 0.25) is 0 Å². The third-order valence-corrected chi connectivity index (χ3v) is 2.97. The van der Waals surface area contributed by atoms with Crippen molar-refractivity contribution < 1.29 is 0 Å². The van der Waals surface area contributed by atoms with Crippen molar-refractivity contribution in [1.82, 2.24) is 20.0 Å². The molecule has 0 saturated carbocycles. The van der Waals surface area contributed by atoms with Crippen molar-refractivity contribution in [3.8, 4) is 5.82 Å². The Morgan fingerprint density at radius 1 is 1.44 bits per heavy atom. The minimum atomic E-state index is 0.776. The lowest BCUT2D eigenvalue weighted by atomic mass is 10.2. The molecular weight excluding hydrogens is 268 g/mol. The number of halogens is 1. The number of aromatic nitrogens is 4. The van der Waals surface area contributed by atoms with E-state index < -0.39 is 0 Å². The fraction of sp³-hybridized carbons (Fsp3) is 0.364. The Balaban J connectivity index is 2.44. The minimum absolute atomic E-state index is 0.776. The van der Waals surface area contributed by atoms with Gasteiger partial charge in [0, 0.05) is 17.1 Å². The van der Waals surface area contributed by atoms with Crippen molar-refractivity contribution in [2.75, 3.05) is 0 Å². The maximum atomic E-state index is 4.36. The molecule has 0 bridgehead atoms. The molecule has 0 aliphatic carbocycles. The Morgan fingerprint density at radius 3 is 2.94 bits per heavy atom. The summed E-state index contributed by atoms with van der Waals surface area (Å²) in [4.78, 5) is 0. The molecule has 2 rings (SSSR count). The van der Waals surface area contributed by atoms with Crippen LogP contribution in [0.4, 0.5) is 0 Å². The summed E-state index contributed by atoms with van der Waals surface area (Å²) in [5.74, 6) is 0.776. The van der Waals surface area contributed by atoms with Crippen LogP contribution in [-0.2, 0) is 11.8 Å². The van der Waals surface area contributed by atoms with Gasteiger partial charge in [-0.1, -0.05) is 29.3 Å². The number of alkyl halides is 1. The van der Waals surface area contributed by atoms with Crippen LogP contribution in [0.5, 0.6) is 0 Å². The number of hydrogen-bond donors (Lipinski definition) is 0. The number of hydrogen-bond acceptors (Lipinski definition) is 3. The van der Waals surface area contributed by atoms with Gasteiger partial charge in [-0.15, -0.1) is 5.10 Å². The molecule has 0 unspecified atom stereocenters. The van der Waals surface area contributed by atoms with Gasteiger partial charge < -0.3 is 0 Å². The largest absolute Gasteiger partial charge is 0.217 e. The van der Waals surface area contributed by atoms with E-state index in [0.717, 1.165) is 24.0 Å². The highest BCUT2D eigenvalue weighted by Crippen LogP contribution is 2.17. The van der Waals surface area contributed by atoms with Gasteiger partial charge in [0.1, 0.15) is 0 Å². The zero-order chi connectivity index (χ0) is 11.4. The molecule has 0 aliphatic rings. The van der Waals surface area contributed by atoms with Crippen molar-refractivity contribution in [3.05, 3.63) is 35.8 Å². The summed E-state index contributed by atoms with van der Waals surface area (Å²) in [6, 6.07) is 3.78. The molecule has 0 fully saturated rings. The lowest BCUT2D eigenvalue weighted by Gasteiger charge is -2.05. The molecule has 5 heteroatoms. The van der Waals surface area contributed by atoms with E-state index in [1.165, 1.54) is 11.3 Å². The van der Waals surface area contributed by atoms with Gasteiger partial charge in [0.2, 0.25) is 0 Å². The molecular formula is C11H13BrN4.